The number of benzene rings is 2. The highest BCUT2D eigenvalue weighted by Gasteiger charge is 2.32. The standard InChI is InChI=1S/C19H19Cl2NO3/c1-19(2)11-12-4-3-5-16(17(12)25-19)24-9-8-22-18(23)14-10-13(20)6-7-15(14)21/h3-7,10H,8-9,11H2,1-2H3,(H,22,23). The van der Waals surface area contributed by atoms with E-state index in [2.05, 4.69) is 5.32 Å². The third-order valence-electron chi connectivity index (χ3n) is 3.87. The van der Waals surface area contributed by atoms with Crippen molar-refractivity contribution in [1.29, 1.82) is 0 Å². The molecule has 2 aromatic carbocycles. The molecule has 1 heterocycles. The van der Waals surface area contributed by atoms with Crippen LogP contribution in [0.1, 0.15) is 29.8 Å². The summed E-state index contributed by atoms with van der Waals surface area (Å²) in [4.78, 5) is 12.2. The minimum Gasteiger partial charge on any atom is -0.488 e. The molecule has 0 atom stereocenters. The number of nitrogens with one attached hydrogen (secondary N) is 1. The molecule has 2 aromatic rings. The summed E-state index contributed by atoms with van der Waals surface area (Å²) in [5, 5.41) is 3.60. The fourth-order valence-corrected chi connectivity index (χ4v) is 3.17. The monoisotopic (exact) mass is 379 g/mol. The number of carbonyl (C=O) groups is 1. The zero-order valence-electron chi connectivity index (χ0n) is 14.1. The summed E-state index contributed by atoms with van der Waals surface area (Å²) < 4.78 is 11.7. The Hall–Kier alpha value is -1.91. The number of fused-ring (bicyclic) bond motifs is 1. The van der Waals surface area contributed by atoms with Gasteiger partial charge in [0.2, 0.25) is 0 Å². The van der Waals surface area contributed by atoms with Gasteiger partial charge in [0, 0.05) is 17.0 Å². The number of rotatable bonds is 5. The Morgan fingerprint density at radius 1 is 1.28 bits per heavy atom. The van der Waals surface area contributed by atoms with E-state index in [9.17, 15) is 4.79 Å². The van der Waals surface area contributed by atoms with Crippen molar-refractivity contribution in [2.24, 2.45) is 0 Å². The zero-order valence-corrected chi connectivity index (χ0v) is 15.6. The predicted octanol–water partition coefficient (Wildman–Crippen LogP) is 4.52. The van der Waals surface area contributed by atoms with Gasteiger partial charge in [-0.3, -0.25) is 4.79 Å². The van der Waals surface area contributed by atoms with Crippen molar-refractivity contribution in [3.8, 4) is 11.5 Å². The lowest BCUT2D eigenvalue weighted by molar-refractivity contribution is 0.0946. The van der Waals surface area contributed by atoms with Crippen LogP contribution in [-0.4, -0.2) is 24.7 Å². The van der Waals surface area contributed by atoms with Crippen LogP contribution in [0.2, 0.25) is 10.0 Å². The summed E-state index contributed by atoms with van der Waals surface area (Å²) >= 11 is 11.9. The van der Waals surface area contributed by atoms with Crippen molar-refractivity contribution < 1.29 is 14.3 Å². The van der Waals surface area contributed by atoms with E-state index in [4.69, 9.17) is 32.7 Å². The molecule has 0 saturated carbocycles. The Labute approximate surface area is 157 Å². The van der Waals surface area contributed by atoms with E-state index in [1.165, 1.54) is 0 Å². The van der Waals surface area contributed by atoms with Crippen LogP contribution in [0.5, 0.6) is 11.5 Å². The maximum absolute atomic E-state index is 12.2. The van der Waals surface area contributed by atoms with Gasteiger partial charge < -0.3 is 14.8 Å². The molecular weight excluding hydrogens is 361 g/mol. The van der Waals surface area contributed by atoms with Crippen LogP contribution < -0.4 is 14.8 Å². The number of halogens is 2. The summed E-state index contributed by atoms with van der Waals surface area (Å²) in [6.07, 6.45) is 0.851. The van der Waals surface area contributed by atoms with Crippen LogP contribution in [0, 0.1) is 0 Å². The quantitative estimate of drug-likeness (QED) is 0.777. The fourth-order valence-electron chi connectivity index (χ4n) is 2.79. The Bertz CT molecular complexity index is 805. The molecule has 4 nitrogen and oxygen atoms in total. The largest absolute Gasteiger partial charge is 0.488 e. The predicted molar refractivity (Wildman–Crippen MR) is 99.1 cm³/mol. The van der Waals surface area contributed by atoms with Crippen molar-refractivity contribution in [3.05, 3.63) is 57.6 Å². The maximum atomic E-state index is 12.2. The Kier molecular flexibility index (Phi) is 5.11. The Morgan fingerprint density at radius 3 is 2.88 bits per heavy atom. The van der Waals surface area contributed by atoms with Gasteiger partial charge in [0.05, 0.1) is 17.1 Å². The molecule has 1 aliphatic heterocycles. The molecule has 0 radical (unpaired) electrons. The van der Waals surface area contributed by atoms with Crippen molar-refractivity contribution in [2.75, 3.05) is 13.2 Å². The summed E-state index contributed by atoms with van der Waals surface area (Å²) in [7, 11) is 0. The van der Waals surface area contributed by atoms with Crippen LogP contribution in [0.25, 0.3) is 0 Å². The molecule has 6 heteroatoms. The first-order valence-electron chi connectivity index (χ1n) is 8.03. The van der Waals surface area contributed by atoms with Gasteiger partial charge in [-0.05, 0) is 38.1 Å². The lowest BCUT2D eigenvalue weighted by Gasteiger charge is -2.18. The van der Waals surface area contributed by atoms with E-state index in [-0.39, 0.29) is 11.5 Å². The highest BCUT2D eigenvalue weighted by molar-refractivity contribution is 6.35. The molecule has 1 amide bonds. The normalized spacial score (nSPS) is 14.6. The summed E-state index contributed by atoms with van der Waals surface area (Å²) in [5.74, 6) is 1.20. The Morgan fingerprint density at radius 2 is 2.08 bits per heavy atom. The molecule has 0 fully saturated rings. The molecule has 3 rings (SSSR count). The number of amides is 1. The van der Waals surface area contributed by atoms with Gasteiger partial charge in [-0.2, -0.15) is 0 Å². The van der Waals surface area contributed by atoms with Gasteiger partial charge in [-0.15, -0.1) is 0 Å². The van der Waals surface area contributed by atoms with Crippen molar-refractivity contribution in [1.82, 2.24) is 5.32 Å². The fraction of sp³-hybridized carbons (Fsp3) is 0.316. The second kappa shape index (κ2) is 7.14. The molecule has 0 spiro atoms. The number of ether oxygens (including phenoxy) is 2. The molecule has 0 saturated heterocycles. The summed E-state index contributed by atoms with van der Waals surface area (Å²) in [6.45, 7) is 4.76. The molecule has 1 aliphatic rings. The third kappa shape index (κ3) is 4.20. The smallest absolute Gasteiger partial charge is 0.252 e. The number of para-hydroxylation sites is 1. The molecule has 25 heavy (non-hydrogen) atoms. The van der Waals surface area contributed by atoms with Crippen LogP contribution in [0.15, 0.2) is 36.4 Å². The van der Waals surface area contributed by atoms with Crippen LogP contribution in [0.3, 0.4) is 0 Å². The van der Waals surface area contributed by atoms with E-state index >= 15 is 0 Å². The van der Waals surface area contributed by atoms with E-state index in [1.54, 1.807) is 18.2 Å². The third-order valence-corrected chi connectivity index (χ3v) is 4.44. The van der Waals surface area contributed by atoms with Crippen molar-refractivity contribution in [2.45, 2.75) is 25.9 Å². The van der Waals surface area contributed by atoms with E-state index < -0.39 is 0 Å². The van der Waals surface area contributed by atoms with E-state index in [0.29, 0.717) is 34.5 Å². The van der Waals surface area contributed by atoms with Gasteiger partial charge in [-0.25, -0.2) is 0 Å². The minimum atomic E-state index is -0.285. The highest BCUT2D eigenvalue weighted by Crippen LogP contribution is 2.41. The minimum absolute atomic E-state index is 0.223. The second-order valence-corrected chi connectivity index (χ2v) is 7.36. The van der Waals surface area contributed by atoms with Crippen LogP contribution >= 0.6 is 23.2 Å². The highest BCUT2D eigenvalue weighted by atomic mass is 35.5. The number of carbonyl (C=O) groups excluding carboxylic acids is 1. The van der Waals surface area contributed by atoms with Gasteiger partial charge >= 0.3 is 0 Å². The van der Waals surface area contributed by atoms with E-state index in [0.717, 1.165) is 17.7 Å². The average molecular weight is 380 g/mol. The summed E-state index contributed by atoms with van der Waals surface area (Å²) in [6, 6.07) is 10.6. The molecule has 132 valence electrons. The van der Waals surface area contributed by atoms with E-state index in [1.807, 2.05) is 32.0 Å². The van der Waals surface area contributed by atoms with Crippen LogP contribution in [-0.2, 0) is 6.42 Å². The molecule has 0 aliphatic carbocycles. The molecular formula is C19H19Cl2NO3. The van der Waals surface area contributed by atoms with Crippen LogP contribution in [0.4, 0.5) is 0 Å². The van der Waals surface area contributed by atoms with Gasteiger partial charge in [-0.1, -0.05) is 35.3 Å². The van der Waals surface area contributed by atoms with Crippen molar-refractivity contribution in [3.63, 3.8) is 0 Å². The van der Waals surface area contributed by atoms with Gasteiger partial charge in [0.25, 0.3) is 5.91 Å². The zero-order chi connectivity index (χ0) is 18.0. The molecule has 0 bridgehead atoms. The van der Waals surface area contributed by atoms with Gasteiger partial charge in [0.1, 0.15) is 12.2 Å². The first kappa shape index (κ1) is 17.9. The first-order chi connectivity index (χ1) is 11.9. The number of hydrogen-bond acceptors (Lipinski definition) is 3. The first-order valence-corrected chi connectivity index (χ1v) is 8.78. The SMILES string of the molecule is CC1(C)Cc2cccc(OCCNC(=O)c3cc(Cl)ccc3Cl)c2O1. The second-order valence-electron chi connectivity index (χ2n) is 6.51. The lowest BCUT2D eigenvalue weighted by Crippen LogP contribution is -2.28. The lowest BCUT2D eigenvalue weighted by atomic mass is 10.0. The average Bonchev–Trinajstić information content (AvgIpc) is 2.88. The Balaban J connectivity index is 1.56. The summed E-state index contributed by atoms with van der Waals surface area (Å²) in [5.41, 5.74) is 1.26. The maximum Gasteiger partial charge on any atom is 0.252 e. The molecule has 0 aromatic heterocycles. The van der Waals surface area contributed by atoms with Crippen molar-refractivity contribution >= 4 is 29.1 Å². The topological polar surface area (TPSA) is 47.6 Å². The molecule has 0 unspecified atom stereocenters. The number of hydrogen-bond donors (Lipinski definition) is 1. The molecule has 1 N–H and O–H groups in total. The van der Waals surface area contributed by atoms with Gasteiger partial charge in [0.15, 0.2) is 11.5 Å².